The Labute approximate surface area is 95.8 Å². The van der Waals surface area contributed by atoms with Gasteiger partial charge in [0, 0.05) is 5.54 Å². The normalized spacial score (nSPS) is 37.2. The van der Waals surface area contributed by atoms with Crippen molar-refractivity contribution in [3.63, 3.8) is 0 Å². The van der Waals surface area contributed by atoms with Crippen molar-refractivity contribution in [2.45, 2.75) is 71.8 Å². The van der Waals surface area contributed by atoms with Crippen LogP contribution >= 0.6 is 0 Å². The molecule has 0 spiro atoms. The van der Waals surface area contributed by atoms with E-state index in [0.717, 1.165) is 11.8 Å². The fourth-order valence-corrected chi connectivity index (χ4v) is 2.99. The van der Waals surface area contributed by atoms with Crippen molar-refractivity contribution in [1.29, 1.82) is 0 Å². The minimum Gasteiger partial charge on any atom is -0.325 e. The molecule has 2 N–H and O–H groups in total. The lowest BCUT2D eigenvalue weighted by molar-refractivity contribution is 0.130. The molecule has 0 saturated heterocycles. The molecule has 0 heterocycles. The highest BCUT2D eigenvalue weighted by molar-refractivity contribution is 4.94. The standard InChI is InChI=1S/C14H29N/c1-11(2)7-5-9-14(15)10-6-8-12(3)13(14)4/h11-13H,5-10,15H2,1-4H3. The highest BCUT2D eigenvalue weighted by Gasteiger charge is 2.37. The Hall–Kier alpha value is -0.0400. The van der Waals surface area contributed by atoms with Gasteiger partial charge in [0.1, 0.15) is 0 Å². The molecule has 0 bridgehead atoms. The van der Waals surface area contributed by atoms with Crippen molar-refractivity contribution in [2.75, 3.05) is 0 Å². The first-order valence-electron chi connectivity index (χ1n) is 6.74. The first kappa shape index (κ1) is 13.0. The van der Waals surface area contributed by atoms with E-state index in [1.165, 1.54) is 38.5 Å². The van der Waals surface area contributed by atoms with Gasteiger partial charge in [0.2, 0.25) is 0 Å². The van der Waals surface area contributed by atoms with Gasteiger partial charge in [-0.3, -0.25) is 0 Å². The molecule has 1 rings (SSSR count). The number of hydrogen-bond acceptors (Lipinski definition) is 1. The predicted molar refractivity (Wildman–Crippen MR) is 67.8 cm³/mol. The first-order valence-corrected chi connectivity index (χ1v) is 6.74. The van der Waals surface area contributed by atoms with E-state index in [0.29, 0.717) is 5.92 Å². The van der Waals surface area contributed by atoms with E-state index in [2.05, 4.69) is 27.7 Å². The maximum Gasteiger partial charge on any atom is 0.0182 e. The Morgan fingerprint density at radius 1 is 1.33 bits per heavy atom. The minimum atomic E-state index is 0.145. The summed E-state index contributed by atoms with van der Waals surface area (Å²) in [6, 6.07) is 0. The van der Waals surface area contributed by atoms with Crippen molar-refractivity contribution >= 4 is 0 Å². The van der Waals surface area contributed by atoms with Gasteiger partial charge in [-0.2, -0.15) is 0 Å². The first-order chi connectivity index (χ1) is 6.96. The van der Waals surface area contributed by atoms with Crippen molar-refractivity contribution in [3.05, 3.63) is 0 Å². The minimum absolute atomic E-state index is 0.145. The molecule has 0 aromatic heterocycles. The maximum absolute atomic E-state index is 6.58. The highest BCUT2D eigenvalue weighted by Crippen LogP contribution is 2.39. The molecule has 1 nitrogen and oxygen atoms in total. The van der Waals surface area contributed by atoms with Crippen LogP contribution in [0.2, 0.25) is 0 Å². The summed E-state index contributed by atoms with van der Waals surface area (Å²) in [6.07, 6.45) is 7.84. The topological polar surface area (TPSA) is 26.0 Å². The second kappa shape index (κ2) is 5.34. The Kier molecular flexibility index (Phi) is 4.64. The molecule has 0 aromatic rings. The van der Waals surface area contributed by atoms with Crippen LogP contribution in [0.15, 0.2) is 0 Å². The summed E-state index contributed by atoms with van der Waals surface area (Å²) in [4.78, 5) is 0. The summed E-state index contributed by atoms with van der Waals surface area (Å²) in [5.41, 5.74) is 6.72. The van der Waals surface area contributed by atoms with Gasteiger partial charge >= 0.3 is 0 Å². The van der Waals surface area contributed by atoms with E-state index in [9.17, 15) is 0 Å². The molecule has 3 atom stereocenters. The quantitative estimate of drug-likeness (QED) is 0.748. The van der Waals surface area contributed by atoms with E-state index in [1.807, 2.05) is 0 Å². The summed E-state index contributed by atoms with van der Waals surface area (Å²) in [5, 5.41) is 0. The smallest absolute Gasteiger partial charge is 0.0182 e. The van der Waals surface area contributed by atoms with Gasteiger partial charge in [-0.25, -0.2) is 0 Å². The molecule has 1 fully saturated rings. The SMILES string of the molecule is CC(C)CCCC1(N)CCCC(C)C1C. The predicted octanol–water partition coefficient (Wildman–Crippen LogP) is 3.97. The fraction of sp³-hybridized carbons (Fsp3) is 1.00. The van der Waals surface area contributed by atoms with Crippen molar-refractivity contribution in [2.24, 2.45) is 23.5 Å². The molecule has 15 heavy (non-hydrogen) atoms. The Balaban J connectivity index is 2.42. The van der Waals surface area contributed by atoms with Gasteiger partial charge in [-0.05, 0) is 30.6 Å². The third-order valence-corrected chi connectivity index (χ3v) is 4.49. The van der Waals surface area contributed by atoms with E-state index < -0.39 is 0 Å². The summed E-state index contributed by atoms with van der Waals surface area (Å²) in [7, 11) is 0. The van der Waals surface area contributed by atoms with E-state index in [-0.39, 0.29) is 5.54 Å². The molecule has 3 unspecified atom stereocenters. The van der Waals surface area contributed by atoms with Crippen molar-refractivity contribution in [3.8, 4) is 0 Å². The zero-order valence-electron chi connectivity index (χ0n) is 11.1. The van der Waals surface area contributed by atoms with Gasteiger partial charge in [0.05, 0.1) is 0 Å². The molecule has 0 aromatic carbocycles. The van der Waals surface area contributed by atoms with Gasteiger partial charge in [-0.15, -0.1) is 0 Å². The summed E-state index contributed by atoms with van der Waals surface area (Å²) >= 11 is 0. The lowest BCUT2D eigenvalue weighted by atomic mass is 9.67. The Morgan fingerprint density at radius 2 is 2.00 bits per heavy atom. The van der Waals surface area contributed by atoms with Crippen molar-refractivity contribution in [1.82, 2.24) is 0 Å². The molecule has 1 heteroatoms. The van der Waals surface area contributed by atoms with Gasteiger partial charge in [0.15, 0.2) is 0 Å². The number of nitrogens with two attached hydrogens (primary N) is 1. The van der Waals surface area contributed by atoms with E-state index in [4.69, 9.17) is 5.73 Å². The Bertz CT molecular complexity index is 188. The number of hydrogen-bond donors (Lipinski definition) is 1. The molecular weight excluding hydrogens is 182 g/mol. The largest absolute Gasteiger partial charge is 0.325 e. The van der Waals surface area contributed by atoms with Crippen LogP contribution in [-0.4, -0.2) is 5.54 Å². The van der Waals surface area contributed by atoms with Crippen molar-refractivity contribution < 1.29 is 0 Å². The second-order valence-corrected chi connectivity index (χ2v) is 6.18. The number of rotatable bonds is 4. The molecule has 1 aliphatic carbocycles. The highest BCUT2D eigenvalue weighted by atomic mass is 14.8. The zero-order chi connectivity index (χ0) is 11.5. The third-order valence-electron chi connectivity index (χ3n) is 4.49. The molecular formula is C14H29N. The molecule has 0 radical (unpaired) electrons. The third kappa shape index (κ3) is 3.48. The summed E-state index contributed by atoms with van der Waals surface area (Å²) in [5.74, 6) is 2.35. The van der Waals surface area contributed by atoms with Gasteiger partial charge < -0.3 is 5.73 Å². The molecule has 1 aliphatic rings. The van der Waals surface area contributed by atoms with Crippen LogP contribution in [0.3, 0.4) is 0 Å². The van der Waals surface area contributed by atoms with Crippen LogP contribution < -0.4 is 5.73 Å². The Morgan fingerprint density at radius 3 is 2.60 bits per heavy atom. The summed E-state index contributed by atoms with van der Waals surface area (Å²) in [6.45, 7) is 9.33. The van der Waals surface area contributed by atoms with Gasteiger partial charge in [0.25, 0.3) is 0 Å². The van der Waals surface area contributed by atoms with Crippen LogP contribution in [0, 0.1) is 17.8 Å². The molecule has 0 amide bonds. The van der Waals surface area contributed by atoms with Crippen LogP contribution in [0.1, 0.15) is 66.2 Å². The lowest BCUT2D eigenvalue weighted by Crippen LogP contribution is -2.50. The molecule has 0 aliphatic heterocycles. The fourth-order valence-electron chi connectivity index (χ4n) is 2.99. The molecule has 1 saturated carbocycles. The average Bonchev–Trinajstić information content (AvgIpc) is 2.14. The van der Waals surface area contributed by atoms with E-state index in [1.54, 1.807) is 0 Å². The summed E-state index contributed by atoms with van der Waals surface area (Å²) < 4.78 is 0. The van der Waals surface area contributed by atoms with Crippen LogP contribution in [0.4, 0.5) is 0 Å². The zero-order valence-corrected chi connectivity index (χ0v) is 11.1. The van der Waals surface area contributed by atoms with Crippen LogP contribution in [0.25, 0.3) is 0 Å². The van der Waals surface area contributed by atoms with Crippen LogP contribution in [0.5, 0.6) is 0 Å². The lowest BCUT2D eigenvalue weighted by Gasteiger charge is -2.43. The second-order valence-electron chi connectivity index (χ2n) is 6.18. The average molecular weight is 211 g/mol. The van der Waals surface area contributed by atoms with Gasteiger partial charge in [-0.1, -0.05) is 53.4 Å². The van der Waals surface area contributed by atoms with Crippen LogP contribution in [-0.2, 0) is 0 Å². The monoisotopic (exact) mass is 211 g/mol. The maximum atomic E-state index is 6.58. The molecule has 90 valence electrons. The van der Waals surface area contributed by atoms with E-state index >= 15 is 0 Å².